The number of nitrogens with zero attached hydrogens (tertiary/aromatic N) is 1. The molecule has 2 aromatic rings. The number of nitrogens with two attached hydrogens (primary N) is 2. The number of nitrogen functional groups attached to an aromatic ring is 1. The van der Waals surface area contributed by atoms with Crippen LogP contribution in [0.1, 0.15) is 31.0 Å². The van der Waals surface area contributed by atoms with Crippen LogP contribution in [0.4, 0.5) is 5.82 Å². The molecule has 0 aliphatic heterocycles. The average Bonchev–Trinajstić information content (AvgIpc) is 2.78. The minimum absolute atomic E-state index is 0.152. The van der Waals surface area contributed by atoms with E-state index in [-0.39, 0.29) is 12.1 Å². The molecule has 1 atom stereocenters. The Hall–Kier alpha value is -2.05. The van der Waals surface area contributed by atoms with Gasteiger partial charge in [0.15, 0.2) is 0 Å². The van der Waals surface area contributed by atoms with E-state index in [1.807, 2.05) is 38.1 Å². The van der Waals surface area contributed by atoms with Gasteiger partial charge in [0.1, 0.15) is 11.6 Å². The van der Waals surface area contributed by atoms with Crippen molar-refractivity contribution in [3.63, 3.8) is 0 Å². The van der Waals surface area contributed by atoms with Gasteiger partial charge in [-0.3, -0.25) is 10.9 Å². The Kier molecular flexibility index (Phi) is 4.03. The quantitative estimate of drug-likeness (QED) is 0.480. The van der Waals surface area contributed by atoms with Gasteiger partial charge in [-0.1, -0.05) is 12.1 Å². The number of rotatable bonds is 5. The summed E-state index contributed by atoms with van der Waals surface area (Å²) < 4.78 is 5.60. The summed E-state index contributed by atoms with van der Waals surface area (Å²) in [7, 11) is 0. The predicted octanol–water partition coefficient (Wildman–Crippen LogP) is 1.33. The first-order valence-corrected chi connectivity index (χ1v) is 6.13. The van der Waals surface area contributed by atoms with E-state index in [0.29, 0.717) is 5.82 Å². The molecule has 0 amide bonds. The lowest BCUT2D eigenvalue weighted by Crippen LogP contribution is -2.29. The number of aromatic amines is 1. The number of ether oxygens (including phenoxy) is 1. The Morgan fingerprint density at radius 2 is 1.95 bits per heavy atom. The first kappa shape index (κ1) is 13.4. The second kappa shape index (κ2) is 5.73. The van der Waals surface area contributed by atoms with Gasteiger partial charge in [0.25, 0.3) is 0 Å². The molecule has 0 aliphatic rings. The first-order valence-electron chi connectivity index (χ1n) is 6.13. The SMILES string of the molecule is CC(C)Oc1ccc(C(NN)c2cn[nH]c2N)cc1. The van der Waals surface area contributed by atoms with E-state index in [9.17, 15) is 0 Å². The van der Waals surface area contributed by atoms with Crippen LogP contribution >= 0.6 is 0 Å². The molecule has 0 radical (unpaired) electrons. The number of benzene rings is 1. The maximum absolute atomic E-state index is 5.81. The summed E-state index contributed by atoms with van der Waals surface area (Å²) in [5.41, 5.74) is 10.4. The van der Waals surface area contributed by atoms with Gasteiger partial charge in [0.05, 0.1) is 18.3 Å². The first-order chi connectivity index (χ1) is 9.11. The third kappa shape index (κ3) is 3.04. The molecular weight excluding hydrogens is 242 g/mol. The van der Waals surface area contributed by atoms with Crippen molar-refractivity contribution >= 4 is 5.82 Å². The van der Waals surface area contributed by atoms with E-state index < -0.39 is 0 Å². The summed E-state index contributed by atoms with van der Waals surface area (Å²) in [4.78, 5) is 0. The second-order valence-corrected chi connectivity index (χ2v) is 4.57. The second-order valence-electron chi connectivity index (χ2n) is 4.57. The fraction of sp³-hybridized carbons (Fsp3) is 0.308. The van der Waals surface area contributed by atoms with Crippen LogP contribution in [0.3, 0.4) is 0 Å². The molecule has 0 saturated carbocycles. The summed E-state index contributed by atoms with van der Waals surface area (Å²) in [6.07, 6.45) is 1.82. The number of nitrogens with one attached hydrogen (secondary N) is 2. The number of aromatic nitrogens is 2. The van der Waals surface area contributed by atoms with Crippen LogP contribution < -0.4 is 21.7 Å². The fourth-order valence-corrected chi connectivity index (χ4v) is 1.91. The average molecular weight is 261 g/mol. The zero-order valence-electron chi connectivity index (χ0n) is 11.1. The van der Waals surface area contributed by atoms with Crippen molar-refractivity contribution in [2.75, 3.05) is 5.73 Å². The molecule has 0 aliphatic carbocycles. The zero-order valence-corrected chi connectivity index (χ0v) is 11.1. The molecule has 6 heteroatoms. The predicted molar refractivity (Wildman–Crippen MR) is 74.4 cm³/mol. The van der Waals surface area contributed by atoms with Crippen molar-refractivity contribution in [1.29, 1.82) is 0 Å². The fourth-order valence-electron chi connectivity index (χ4n) is 1.91. The molecule has 6 N–H and O–H groups in total. The lowest BCUT2D eigenvalue weighted by molar-refractivity contribution is 0.242. The molecule has 0 fully saturated rings. The van der Waals surface area contributed by atoms with Crippen molar-refractivity contribution < 1.29 is 4.74 Å². The largest absolute Gasteiger partial charge is 0.491 e. The summed E-state index contributed by atoms with van der Waals surface area (Å²) in [6.45, 7) is 3.98. The van der Waals surface area contributed by atoms with Gasteiger partial charge in [-0.25, -0.2) is 5.43 Å². The molecule has 19 heavy (non-hydrogen) atoms. The van der Waals surface area contributed by atoms with Gasteiger partial charge >= 0.3 is 0 Å². The normalized spacial score (nSPS) is 12.6. The van der Waals surface area contributed by atoms with Gasteiger partial charge < -0.3 is 10.5 Å². The molecule has 1 heterocycles. The Balaban J connectivity index is 2.22. The lowest BCUT2D eigenvalue weighted by atomic mass is 10.0. The Morgan fingerprint density at radius 3 is 2.42 bits per heavy atom. The van der Waals surface area contributed by atoms with Gasteiger partial charge in [-0.2, -0.15) is 5.10 Å². The van der Waals surface area contributed by atoms with Gasteiger partial charge in [-0.05, 0) is 31.5 Å². The monoisotopic (exact) mass is 261 g/mol. The third-order valence-corrected chi connectivity index (χ3v) is 2.76. The number of hydrogen-bond acceptors (Lipinski definition) is 5. The van der Waals surface area contributed by atoms with Crippen molar-refractivity contribution in [3.8, 4) is 5.75 Å². The number of hydrogen-bond donors (Lipinski definition) is 4. The van der Waals surface area contributed by atoms with E-state index in [1.165, 1.54) is 0 Å². The van der Waals surface area contributed by atoms with Crippen LogP contribution in [-0.2, 0) is 0 Å². The van der Waals surface area contributed by atoms with Crippen molar-refractivity contribution in [2.45, 2.75) is 26.0 Å². The molecule has 1 aromatic heterocycles. The summed E-state index contributed by atoms with van der Waals surface area (Å²) >= 11 is 0. The third-order valence-electron chi connectivity index (χ3n) is 2.76. The summed E-state index contributed by atoms with van der Waals surface area (Å²) in [5, 5.41) is 6.60. The molecule has 6 nitrogen and oxygen atoms in total. The van der Waals surface area contributed by atoms with Crippen LogP contribution in [0.15, 0.2) is 30.5 Å². The van der Waals surface area contributed by atoms with E-state index >= 15 is 0 Å². The molecular formula is C13H19N5O. The highest BCUT2D eigenvalue weighted by Gasteiger charge is 2.16. The van der Waals surface area contributed by atoms with Crippen LogP contribution in [-0.4, -0.2) is 16.3 Å². The minimum atomic E-state index is -0.202. The zero-order chi connectivity index (χ0) is 13.8. The van der Waals surface area contributed by atoms with Crippen LogP contribution in [0.5, 0.6) is 5.75 Å². The van der Waals surface area contributed by atoms with Gasteiger partial charge in [-0.15, -0.1) is 0 Å². The molecule has 0 spiro atoms. The number of anilines is 1. The van der Waals surface area contributed by atoms with Crippen molar-refractivity contribution in [1.82, 2.24) is 15.6 Å². The Labute approximate surface area is 112 Å². The molecule has 0 saturated heterocycles. The van der Waals surface area contributed by atoms with Gasteiger partial charge in [0.2, 0.25) is 0 Å². The highest BCUT2D eigenvalue weighted by molar-refractivity contribution is 5.45. The number of H-pyrrole nitrogens is 1. The van der Waals surface area contributed by atoms with Crippen LogP contribution in [0, 0.1) is 0 Å². The van der Waals surface area contributed by atoms with Crippen LogP contribution in [0.25, 0.3) is 0 Å². The molecule has 0 bridgehead atoms. The topological polar surface area (TPSA) is 102 Å². The Morgan fingerprint density at radius 1 is 1.26 bits per heavy atom. The maximum atomic E-state index is 5.81. The summed E-state index contributed by atoms with van der Waals surface area (Å²) in [5.74, 6) is 6.94. The van der Waals surface area contributed by atoms with E-state index in [1.54, 1.807) is 6.20 Å². The van der Waals surface area contributed by atoms with E-state index in [4.69, 9.17) is 16.3 Å². The molecule has 1 unspecified atom stereocenters. The molecule has 1 aromatic carbocycles. The van der Waals surface area contributed by atoms with E-state index in [2.05, 4.69) is 15.6 Å². The minimum Gasteiger partial charge on any atom is -0.491 e. The summed E-state index contributed by atoms with van der Waals surface area (Å²) in [6, 6.07) is 7.53. The van der Waals surface area contributed by atoms with Crippen molar-refractivity contribution in [3.05, 3.63) is 41.6 Å². The van der Waals surface area contributed by atoms with E-state index in [0.717, 1.165) is 16.9 Å². The standard InChI is InChI=1S/C13H19N5O/c1-8(2)19-10-5-3-9(4-6-10)12(17-15)11-7-16-18-13(11)14/h3-8,12,17H,15H2,1-2H3,(H3,14,16,18). The lowest BCUT2D eigenvalue weighted by Gasteiger charge is -2.16. The van der Waals surface area contributed by atoms with Crippen LogP contribution in [0.2, 0.25) is 0 Å². The molecule has 102 valence electrons. The highest BCUT2D eigenvalue weighted by atomic mass is 16.5. The number of hydrazine groups is 1. The smallest absolute Gasteiger partial charge is 0.124 e. The maximum Gasteiger partial charge on any atom is 0.124 e. The molecule has 2 rings (SSSR count). The highest BCUT2D eigenvalue weighted by Crippen LogP contribution is 2.26. The van der Waals surface area contributed by atoms with Gasteiger partial charge in [0, 0.05) is 5.56 Å². The van der Waals surface area contributed by atoms with Crippen molar-refractivity contribution in [2.24, 2.45) is 5.84 Å². The Bertz CT molecular complexity index is 520.